The van der Waals surface area contributed by atoms with Crippen molar-refractivity contribution in [2.45, 2.75) is 50.6 Å². The number of aromatic nitrogens is 4. The van der Waals surface area contributed by atoms with Crippen molar-refractivity contribution >= 4 is 22.8 Å². The molecule has 1 aliphatic carbocycles. The number of nitrogens with two attached hydrogens (primary N) is 2. The number of hydrogen-bond acceptors (Lipinski definition) is 8. The second-order valence-corrected chi connectivity index (χ2v) is 11.7. The zero-order valence-electron chi connectivity index (χ0n) is 24.7. The first-order valence-electron chi connectivity index (χ1n) is 14.8. The fourth-order valence-corrected chi connectivity index (χ4v) is 6.85. The topological polar surface area (TPSA) is 128 Å². The molecule has 2 aliphatic rings. The highest BCUT2D eigenvalue weighted by Gasteiger charge is 2.32. The van der Waals surface area contributed by atoms with Crippen LogP contribution in [0, 0.1) is 0 Å². The highest BCUT2D eigenvalue weighted by atomic mass is 16.5. The van der Waals surface area contributed by atoms with E-state index in [-0.39, 0.29) is 12.0 Å². The van der Waals surface area contributed by atoms with Crippen molar-refractivity contribution in [2.24, 2.45) is 5.73 Å². The largest absolute Gasteiger partial charge is 0.496 e. The van der Waals surface area contributed by atoms with Gasteiger partial charge in [-0.1, -0.05) is 43.3 Å². The van der Waals surface area contributed by atoms with Crippen LogP contribution in [0.25, 0.3) is 22.3 Å². The van der Waals surface area contributed by atoms with Crippen LogP contribution in [0.5, 0.6) is 5.75 Å². The number of anilines is 1. The van der Waals surface area contributed by atoms with Gasteiger partial charge in [-0.05, 0) is 44.4 Å². The first-order valence-corrected chi connectivity index (χ1v) is 14.8. The molecule has 3 heterocycles. The zero-order valence-corrected chi connectivity index (χ0v) is 24.7. The third-order valence-corrected chi connectivity index (χ3v) is 9.24. The van der Waals surface area contributed by atoms with E-state index in [1.165, 1.54) is 6.33 Å². The number of ether oxygens (including phenoxy) is 1. The predicted molar refractivity (Wildman–Crippen MR) is 165 cm³/mol. The normalized spacial score (nSPS) is 20.9. The van der Waals surface area contributed by atoms with Gasteiger partial charge in [-0.2, -0.15) is 5.10 Å². The number of carbonyl (C=O) groups excluding carboxylic acids is 1. The first-order chi connectivity index (χ1) is 20.4. The molecule has 220 valence electrons. The van der Waals surface area contributed by atoms with E-state index in [0.29, 0.717) is 34.3 Å². The van der Waals surface area contributed by atoms with Gasteiger partial charge in [0.15, 0.2) is 5.65 Å². The van der Waals surface area contributed by atoms with Gasteiger partial charge in [-0.3, -0.25) is 9.69 Å². The molecular weight excluding hydrogens is 528 g/mol. The zero-order chi connectivity index (χ0) is 29.4. The van der Waals surface area contributed by atoms with Crippen LogP contribution in [0.2, 0.25) is 0 Å². The monoisotopic (exact) mass is 568 g/mol. The Kier molecular flexibility index (Phi) is 7.83. The molecule has 6 rings (SSSR count). The van der Waals surface area contributed by atoms with Crippen LogP contribution in [0.4, 0.5) is 5.82 Å². The van der Waals surface area contributed by atoms with E-state index in [1.54, 1.807) is 13.2 Å². The molecule has 4 N–H and O–H groups in total. The molecule has 1 aliphatic heterocycles. The summed E-state index contributed by atoms with van der Waals surface area (Å²) in [5.74, 6) is 0.154. The van der Waals surface area contributed by atoms with E-state index in [0.717, 1.165) is 74.2 Å². The number of benzene rings is 2. The molecular formula is C32H40N8O2. The lowest BCUT2D eigenvalue weighted by Crippen LogP contribution is -2.49. The molecule has 0 radical (unpaired) electrons. The number of hydrogen-bond donors (Lipinski definition) is 2. The summed E-state index contributed by atoms with van der Waals surface area (Å²) in [5, 5.41) is 5.94. The van der Waals surface area contributed by atoms with Gasteiger partial charge in [0.1, 0.15) is 23.6 Å². The van der Waals surface area contributed by atoms with E-state index < -0.39 is 5.91 Å². The van der Waals surface area contributed by atoms with Gasteiger partial charge >= 0.3 is 0 Å². The molecule has 0 spiro atoms. The maximum absolute atomic E-state index is 12.5. The summed E-state index contributed by atoms with van der Waals surface area (Å²) in [6.45, 7) is 6.63. The third-order valence-electron chi connectivity index (χ3n) is 9.24. The number of amides is 1. The Bertz CT molecular complexity index is 1570. The maximum Gasteiger partial charge on any atom is 0.252 e. The molecule has 1 saturated heterocycles. The average molecular weight is 569 g/mol. The molecule has 1 amide bonds. The quantitative estimate of drug-likeness (QED) is 0.342. The van der Waals surface area contributed by atoms with E-state index >= 15 is 0 Å². The Morgan fingerprint density at radius 3 is 2.33 bits per heavy atom. The summed E-state index contributed by atoms with van der Waals surface area (Å²) in [4.78, 5) is 26.6. The van der Waals surface area contributed by atoms with Crippen LogP contribution in [-0.2, 0) is 0 Å². The van der Waals surface area contributed by atoms with Gasteiger partial charge in [0.25, 0.3) is 5.91 Å². The molecule has 42 heavy (non-hydrogen) atoms. The Labute approximate surface area is 246 Å². The van der Waals surface area contributed by atoms with Crippen LogP contribution in [0.3, 0.4) is 0 Å². The molecule has 2 aromatic carbocycles. The minimum Gasteiger partial charge on any atom is -0.496 e. The van der Waals surface area contributed by atoms with Crippen molar-refractivity contribution in [2.75, 3.05) is 46.1 Å². The molecule has 10 heteroatoms. The van der Waals surface area contributed by atoms with Gasteiger partial charge in [0, 0.05) is 49.3 Å². The lowest BCUT2D eigenvalue weighted by atomic mass is 9.85. The van der Waals surface area contributed by atoms with E-state index in [1.807, 2.05) is 24.3 Å². The van der Waals surface area contributed by atoms with Gasteiger partial charge in [0.05, 0.1) is 24.1 Å². The van der Waals surface area contributed by atoms with Crippen molar-refractivity contribution in [1.29, 1.82) is 0 Å². The summed E-state index contributed by atoms with van der Waals surface area (Å²) in [7, 11) is 3.77. The minimum atomic E-state index is -0.546. The Hall–Kier alpha value is -4.02. The lowest BCUT2D eigenvalue weighted by Gasteiger charge is -2.41. The highest BCUT2D eigenvalue weighted by Crippen LogP contribution is 2.44. The smallest absolute Gasteiger partial charge is 0.252 e. The van der Waals surface area contributed by atoms with Crippen LogP contribution in [0.15, 0.2) is 48.8 Å². The molecule has 1 atom stereocenters. The molecule has 2 aromatic heterocycles. The molecule has 4 aromatic rings. The summed E-state index contributed by atoms with van der Waals surface area (Å²) < 4.78 is 7.94. The second-order valence-electron chi connectivity index (χ2n) is 11.7. The van der Waals surface area contributed by atoms with Crippen molar-refractivity contribution in [3.8, 4) is 17.0 Å². The van der Waals surface area contributed by atoms with Crippen molar-refractivity contribution < 1.29 is 9.53 Å². The highest BCUT2D eigenvalue weighted by molar-refractivity contribution is 6.02. The minimum absolute atomic E-state index is 0.125. The summed E-state index contributed by atoms with van der Waals surface area (Å²) in [6.07, 6.45) is 5.81. The van der Waals surface area contributed by atoms with Crippen LogP contribution in [0.1, 0.15) is 66.1 Å². The fraction of sp³-hybridized carbons (Fsp3) is 0.438. The number of piperazine rings is 1. The van der Waals surface area contributed by atoms with Gasteiger partial charge < -0.3 is 21.1 Å². The van der Waals surface area contributed by atoms with Gasteiger partial charge in [0.2, 0.25) is 0 Å². The summed E-state index contributed by atoms with van der Waals surface area (Å²) in [6, 6.07) is 14.6. The number of nitrogen functional groups attached to an aromatic ring is 1. The summed E-state index contributed by atoms with van der Waals surface area (Å²) >= 11 is 0. The molecule has 1 unspecified atom stereocenters. The van der Waals surface area contributed by atoms with Gasteiger partial charge in [-0.15, -0.1) is 0 Å². The van der Waals surface area contributed by atoms with Crippen LogP contribution >= 0.6 is 0 Å². The predicted octanol–water partition coefficient (Wildman–Crippen LogP) is 4.07. The summed E-state index contributed by atoms with van der Waals surface area (Å²) in [5.41, 5.74) is 16.8. The number of fused-ring (bicyclic) bond motifs is 1. The number of rotatable bonds is 7. The molecule has 1 saturated carbocycles. The van der Waals surface area contributed by atoms with Crippen LogP contribution < -0.4 is 16.2 Å². The molecule has 10 nitrogen and oxygen atoms in total. The lowest BCUT2D eigenvalue weighted by molar-refractivity contribution is 0.0815. The number of carbonyl (C=O) groups is 1. The fourth-order valence-electron chi connectivity index (χ4n) is 6.85. The molecule has 0 bridgehead atoms. The number of likely N-dealkylation sites (N-methyl/N-ethyl adjacent to an activating group) is 1. The van der Waals surface area contributed by atoms with Crippen molar-refractivity contribution in [3.63, 3.8) is 0 Å². The van der Waals surface area contributed by atoms with Crippen molar-refractivity contribution in [3.05, 3.63) is 65.5 Å². The van der Waals surface area contributed by atoms with Crippen molar-refractivity contribution in [1.82, 2.24) is 29.5 Å². The van der Waals surface area contributed by atoms with E-state index in [2.05, 4.69) is 50.6 Å². The van der Waals surface area contributed by atoms with Crippen LogP contribution in [-0.4, -0.2) is 81.8 Å². The standard InChI is InChI=1S/C32H40N8O2/c1-20(21-7-5-4-6-8-21)26-24(13-14-25(31(34)41)29(26)42-3)28-27-30(33)35-19-36-32(27)40(37-28)23-11-9-22(10-12-23)39-17-15-38(2)16-18-39/h4-8,13-14,19-20,22-23H,9-12,15-18H2,1-3H3,(H2,34,41)(H2,33,35,36). The van der Waals surface area contributed by atoms with Gasteiger partial charge in [-0.25, -0.2) is 14.6 Å². The second kappa shape index (κ2) is 11.7. The third kappa shape index (κ3) is 5.09. The molecule has 2 fully saturated rings. The maximum atomic E-state index is 12.5. The Morgan fingerprint density at radius 1 is 0.976 bits per heavy atom. The number of nitrogens with zero attached hydrogens (tertiary/aromatic N) is 6. The number of primary amides is 1. The first kappa shape index (κ1) is 28.1. The van der Waals surface area contributed by atoms with E-state index in [9.17, 15) is 4.79 Å². The van der Waals surface area contributed by atoms with E-state index in [4.69, 9.17) is 21.3 Å². The SMILES string of the molecule is COc1c(C(N)=O)ccc(-c2nn(C3CCC(N4CCN(C)CC4)CC3)c3ncnc(N)c23)c1C(C)c1ccccc1. The average Bonchev–Trinajstić information content (AvgIpc) is 3.41. The Morgan fingerprint density at radius 2 is 1.67 bits per heavy atom. The Balaban J connectivity index is 1.43. The number of methoxy groups -OCH3 is 1.